The van der Waals surface area contributed by atoms with Crippen LogP contribution < -0.4 is 21.1 Å². The Balaban J connectivity index is 1.27. The van der Waals surface area contributed by atoms with E-state index in [2.05, 4.69) is 20.8 Å². The van der Waals surface area contributed by atoms with Crippen LogP contribution in [0.4, 0.5) is 9.59 Å². The van der Waals surface area contributed by atoms with E-state index < -0.39 is 24.0 Å². The summed E-state index contributed by atoms with van der Waals surface area (Å²) in [5.41, 5.74) is 8.36. The molecule has 0 saturated carbocycles. The van der Waals surface area contributed by atoms with Gasteiger partial charge >= 0.3 is 12.2 Å². The van der Waals surface area contributed by atoms with E-state index in [1.807, 2.05) is 60.7 Å². The Labute approximate surface area is 249 Å². The minimum atomic E-state index is -0.893. The number of amides is 2. The molecule has 1 unspecified atom stereocenters. The summed E-state index contributed by atoms with van der Waals surface area (Å²) >= 11 is 0. The maximum Gasteiger partial charge on any atom is 0.412 e. The Morgan fingerprint density at radius 1 is 0.837 bits per heavy atom. The summed E-state index contributed by atoms with van der Waals surface area (Å²) in [7, 11) is 0. The topological polar surface area (TPSA) is 159 Å². The van der Waals surface area contributed by atoms with Gasteiger partial charge in [-0.05, 0) is 61.1 Å². The van der Waals surface area contributed by atoms with E-state index in [0.717, 1.165) is 16.7 Å². The van der Waals surface area contributed by atoms with Crippen molar-refractivity contribution in [3.05, 3.63) is 113 Å². The third-order valence-corrected chi connectivity index (χ3v) is 6.47. The van der Waals surface area contributed by atoms with E-state index in [1.165, 1.54) is 0 Å². The molecule has 11 nitrogen and oxygen atoms in total. The Morgan fingerprint density at radius 2 is 1.53 bits per heavy atom. The van der Waals surface area contributed by atoms with Gasteiger partial charge in [0.15, 0.2) is 0 Å². The second-order valence-electron chi connectivity index (χ2n) is 9.79. The van der Waals surface area contributed by atoms with Crippen molar-refractivity contribution < 1.29 is 28.4 Å². The second kappa shape index (κ2) is 16.4. The molecule has 0 aliphatic heterocycles. The van der Waals surface area contributed by atoms with Crippen LogP contribution in [0.1, 0.15) is 52.5 Å². The SMILES string of the molecule is NCCCCC(NC(=O)OCc1ccccc1)C(=O)c1noc(Cc2ccc(OC(=O)NCCc3ccccc3)cc2)n1. The number of hydrogen-bond donors (Lipinski definition) is 3. The number of aromatic nitrogens is 2. The molecule has 2 amide bonds. The van der Waals surface area contributed by atoms with Crippen molar-refractivity contribution in [2.24, 2.45) is 5.73 Å². The molecule has 0 aliphatic carbocycles. The van der Waals surface area contributed by atoms with Gasteiger partial charge in [0.25, 0.3) is 0 Å². The van der Waals surface area contributed by atoms with Gasteiger partial charge in [0.2, 0.25) is 17.5 Å². The minimum Gasteiger partial charge on any atom is -0.445 e. The van der Waals surface area contributed by atoms with Gasteiger partial charge in [0.1, 0.15) is 12.4 Å². The summed E-state index contributed by atoms with van der Waals surface area (Å²) in [6, 6.07) is 25.0. The lowest BCUT2D eigenvalue weighted by Crippen LogP contribution is -2.41. The Morgan fingerprint density at radius 3 is 2.23 bits per heavy atom. The average molecular weight is 586 g/mol. The summed E-state index contributed by atoms with van der Waals surface area (Å²) < 4.78 is 15.9. The van der Waals surface area contributed by atoms with E-state index in [-0.39, 0.29) is 24.7 Å². The van der Waals surface area contributed by atoms with Crippen LogP contribution in [-0.2, 0) is 24.2 Å². The number of nitrogens with two attached hydrogens (primary N) is 1. The number of carbonyl (C=O) groups is 3. The molecule has 1 heterocycles. The number of unbranched alkanes of at least 4 members (excludes halogenated alkanes) is 1. The van der Waals surface area contributed by atoms with Crippen LogP contribution in [0.25, 0.3) is 0 Å². The quantitative estimate of drug-likeness (QED) is 0.134. The van der Waals surface area contributed by atoms with Crippen molar-refractivity contribution in [1.82, 2.24) is 20.8 Å². The van der Waals surface area contributed by atoms with Gasteiger partial charge in [-0.25, -0.2) is 9.59 Å². The van der Waals surface area contributed by atoms with E-state index in [1.54, 1.807) is 24.3 Å². The highest BCUT2D eigenvalue weighted by Crippen LogP contribution is 2.16. The highest BCUT2D eigenvalue weighted by molar-refractivity contribution is 5.98. The zero-order chi connectivity index (χ0) is 30.3. The van der Waals surface area contributed by atoms with Crippen LogP contribution in [0.5, 0.6) is 5.75 Å². The number of Topliss-reactive ketones (excluding diaryl/α,β-unsaturated/α-hetero) is 1. The largest absolute Gasteiger partial charge is 0.445 e. The molecule has 0 radical (unpaired) electrons. The molecular formula is C32H35N5O6. The van der Waals surface area contributed by atoms with Gasteiger partial charge in [-0.1, -0.05) is 78.0 Å². The molecule has 0 spiro atoms. The number of nitrogens with one attached hydrogen (secondary N) is 2. The van der Waals surface area contributed by atoms with E-state index in [4.69, 9.17) is 19.7 Å². The predicted molar refractivity (Wildman–Crippen MR) is 159 cm³/mol. The fourth-order valence-electron chi connectivity index (χ4n) is 4.20. The molecule has 0 bridgehead atoms. The summed E-state index contributed by atoms with van der Waals surface area (Å²) in [6.07, 6.45) is 1.36. The van der Waals surface area contributed by atoms with Crippen molar-refractivity contribution in [1.29, 1.82) is 0 Å². The fraction of sp³-hybridized carbons (Fsp3) is 0.281. The molecule has 0 fully saturated rings. The zero-order valence-corrected chi connectivity index (χ0v) is 23.7. The molecular weight excluding hydrogens is 550 g/mol. The summed E-state index contributed by atoms with van der Waals surface area (Å²) in [5.74, 6) is -0.00937. The fourth-order valence-corrected chi connectivity index (χ4v) is 4.20. The third-order valence-electron chi connectivity index (χ3n) is 6.47. The first-order chi connectivity index (χ1) is 21.0. The smallest absolute Gasteiger partial charge is 0.412 e. The Kier molecular flexibility index (Phi) is 11.8. The molecule has 224 valence electrons. The lowest BCUT2D eigenvalue weighted by molar-refractivity contribution is 0.0896. The summed E-state index contributed by atoms with van der Waals surface area (Å²) in [6.45, 7) is 0.997. The first-order valence-electron chi connectivity index (χ1n) is 14.1. The number of carbonyl (C=O) groups excluding carboxylic acids is 3. The van der Waals surface area contributed by atoms with Crippen LogP contribution in [0.15, 0.2) is 89.5 Å². The van der Waals surface area contributed by atoms with E-state index in [0.29, 0.717) is 44.5 Å². The summed E-state index contributed by atoms with van der Waals surface area (Å²) in [4.78, 5) is 42.0. The number of alkyl carbamates (subject to hydrolysis) is 1. The third kappa shape index (κ3) is 10.4. The highest BCUT2D eigenvalue weighted by atomic mass is 16.6. The lowest BCUT2D eigenvalue weighted by Gasteiger charge is -2.16. The molecule has 43 heavy (non-hydrogen) atoms. The molecule has 1 aromatic heterocycles. The minimum absolute atomic E-state index is 0.0749. The predicted octanol–water partition coefficient (Wildman–Crippen LogP) is 4.60. The van der Waals surface area contributed by atoms with Gasteiger partial charge < -0.3 is 30.4 Å². The number of ether oxygens (including phenoxy) is 2. The van der Waals surface area contributed by atoms with Crippen LogP contribution >= 0.6 is 0 Å². The molecule has 3 aromatic carbocycles. The molecule has 11 heteroatoms. The van der Waals surface area contributed by atoms with Crippen LogP contribution in [0, 0.1) is 0 Å². The van der Waals surface area contributed by atoms with Gasteiger partial charge in [0.05, 0.1) is 12.5 Å². The highest BCUT2D eigenvalue weighted by Gasteiger charge is 2.27. The van der Waals surface area contributed by atoms with Gasteiger partial charge in [-0.3, -0.25) is 4.79 Å². The second-order valence-corrected chi connectivity index (χ2v) is 9.79. The van der Waals surface area contributed by atoms with Crippen molar-refractivity contribution in [3.8, 4) is 5.75 Å². The lowest BCUT2D eigenvalue weighted by atomic mass is 10.0. The van der Waals surface area contributed by atoms with Gasteiger partial charge in [0, 0.05) is 6.54 Å². The maximum atomic E-state index is 13.2. The number of nitrogens with zero attached hydrogens (tertiary/aromatic N) is 2. The average Bonchev–Trinajstić information content (AvgIpc) is 3.50. The molecule has 4 rings (SSSR count). The number of benzene rings is 3. The van der Waals surface area contributed by atoms with Crippen LogP contribution in [0.2, 0.25) is 0 Å². The Bertz CT molecular complexity index is 1440. The van der Waals surface area contributed by atoms with Gasteiger partial charge in [-0.2, -0.15) is 4.98 Å². The normalized spacial score (nSPS) is 11.4. The van der Waals surface area contributed by atoms with Gasteiger partial charge in [-0.15, -0.1) is 0 Å². The zero-order valence-electron chi connectivity index (χ0n) is 23.7. The molecule has 1 atom stereocenters. The van der Waals surface area contributed by atoms with Crippen molar-refractivity contribution in [3.63, 3.8) is 0 Å². The molecule has 4 aromatic rings. The van der Waals surface area contributed by atoms with Crippen LogP contribution in [0.3, 0.4) is 0 Å². The number of rotatable bonds is 15. The molecule has 4 N–H and O–H groups in total. The first kappa shape index (κ1) is 30.9. The molecule has 0 saturated heterocycles. The monoisotopic (exact) mass is 585 g/mol. The van der Waals surface area contributed by atoms with E-state index >= 15 is 0 Å². The Hall–Kier alpha value is -5.03. The first-order valence-corrected chi connectivity index (χ1v) is 14.1. The maximum absolute atomic E-state index is 13.2. The van der Waals surface area contributed by atoms with Crippen LogP contribution in [-0.4, -0.2) is 47.2 Å². The van der Waals surface area contributed by atoms with Crippen molar-refractivity contribution >= 4 is 18.0 Å². The number of hydrogen-bond acceptors (Lipinski definition) is 9. The standard InChI is InChI=1S/C32H35N5O6/c33-19-8-7-13-27(35-32(40)41-22-25-11-5-2-6-12-25)29(38)30-36-28(43-37-30)21-24-14-16-26(17-15-24)42-31(39)34-20-18-23-9-3-1-4-10-23/h1-6,9-12,14-17,27H,7-8,13,18-22,33H2,(H,34,39)(H,35,40). The van der Waals surface area contributed by atoms with E-state index in [9.17, 15) is 14.4 Å². The summed E-state index contributed by atoms with van der Waals surface area (Å²) in [5, 5.41) is 9.20. The number of ketones is 1. The van der Waals surface area contributed by atoms with Crippen molar-refractivity contribution in [2.45, 2.75) is 44.8 Å². The van der Waals surface area contributed by atoms with Crippen molar-refractivity contribution in [2.75, 3.05) is 13.1 Å². The molecule has 0 aliphatic rings.